The molecule has 0 bridgehead atoms. The summed E-state index contributed by atoms with van der Waals surface area (Å²) >= 11 is 2.31. The van der Waals surface area contributed by atoms with Gasteiger partial charge in [0, 0.05) is 10.3 Å². The van der Waals surface area contributed by atoms with Crippen LogP contribution in [0.5, 0.6) is 0 Å². The summed E-state index contributed by atoms with van der Waals surface area (Å²) < 4.78 is 18.1. The van der Waals surface area contributed by atoms with Crippen molar-refractivity contribution in [3.63, 3.8) is 0 Å². The molecule has 1 N–H and O–H groups in total. The molecule has 2 rings (SSSR count). The molecule has 2 fully saturated rings. The Bertz CT molecular complexity index is 298. The van der Waals surface area contributed by atoms with Gasteiger partial charge in [-0.15, -0.1) is 0 Å². The van der Waals surface area contributed by atoms with E-state index < -0.39 is 5.97 Å². The summed E-state index contributed by atoms with van der Waals surface area (Å²) in [6.45, 7) is 2.43. The van der Waals surface area contributed by atoms with E-state index in [1.54, 1.807) is 0 Å². The zero-order valence-corrected chi connectivity index (χ0v) is 12.5. The van der Waals surface area contributed by atoms with Crippen LogP contribution in [0.2, 0.25) is 0 Å². The third-order valence-corrected chi connectivity index (χ3v) is 4.51. The van der Waals surface area contributed by atoms with E-state index in [9.17, 15) is 4.79 Å². The molecule has 0 spiro atoms. The second-order valence-corrected chi connectivity index (χ2v) is 5.73. The van der Waals surface area contributed by atoms with Crippen LogP contribution in [0.4, 0.5) is 0 Å². The SMILES string of the molecule is CC1OCCC2OC(CI)CC2C(CC(=O)O)O1. The van der Waals surface area contributed by atoms with Crippen LogP contribution in [0.15, 0.2) is 0 Å². The molecule has 2 heterocycles. The minimum absolute atomic E-state index is 0.0200. The van der Waals surface area contributed by atoms with Gasteiger partial charge in [0.1, 0.15) is 0 Å². The summed E-state index contributed by atoms with van der Waals surface area (Å²) in [6.07, 6.45) is 1.37. The molecule has 5 unspecified atom stereocenters. The maximum Gasteiger partial charge on any atom is 0.305 e. The van der Waals surface area contributed by atoms with E-state index in [1.165, 1.54) is 0 Å². The van der Waals surface area contributed by atoms with Crippen molar-refractivity contribution < 1.29 is 24.1 Å². The van der Waals surface area contributed by atoms with Crippen molar-refractivity contribution in [2.24, 2.45) is 5.92 Å². The van der Waals surface area contributed by atoms with E-state index in [2.05, 4.69) is 22.6 Å². The quantitative estimate of drug-likeness (QED) is 0.607. The molecule has 18 heavy (non-hydrogen) atoms. The second kappa shape index (κ2) is 6.49. The number of carboxylic acid groups (broad SMARTS) is 1. The number of rotatable bonds is 3. The van der Waals surface area contributed by atoms with Gasteiger partial charge in [-0.05, 0) is 19.8 Å². The Kier molecular flexibility index (Phi) is 5.23. The fraction of sp³-hybridized carbons (Fsp3) is 0.917. The minimum Gasteiger partial charge on any atom is -0.481 e. The Morgan fingerprint density at radius 1 is 1.44 bits per heavy atom. The van der Waals surface area contributed by atoms with Gasteiger partial charge in [0.15, 0.2) is 6.29 Å². The lowest BCUT2D eigenvalue weighted by Crippen LogP contribution is -2.38. The Morgan fingerprint density at radius 2 is 2.22 bits per heavy atom. The van der Waals surface area contributed by atoms with E-state index in [4.69, 9.17) is 19.3 Å². The number of fused-ring (bicyclic) bond motifs is 1. The van der Waals surface area contributed by atoms with Gasteiger partial charge >= 0.3 is 5.97 Å². The Balaban J connectivity index is 2.08. The Hall–Kier alpha value is 0.0800. The van der Waals surface area contributed by atoms with E-state index in [0.29, 0.717) is 6.61 Å². The van der Waals surface area contributed by atoms with Crippen molar-refractivity contribution in [2.75, 3.05) is 11.0 Å². The topological polar surface area (TPSA) is 65.0 Å². The highest BCUT2D eigenvalue weighted by atomic mass is 127. The van der Waals surface area contributed by atoms with Gasteiger partial charge in [0.25, 0.3) is 0 Å². The van der Waals surface area contributed by atoms with Gasteiger partial charge in [-0.3, -0.25) is 4.79 Å². The molecule has 6 heteroatoms. The van der Waals surface area contributed by atoms with E-state index in [-0.39, 0.29) is 36.9 Å². The zero-order chi connectivity index (χ0) is 13.1. The van der Waals surface area contributed by atoms with Gasteiger partial charge in [-0.2, -0.15) is 0 Å². The number of alkyl halides is 1. The maximum absolute atomic E-state index is 10.9. The molecule has 0 aromatic rings. The first-order chi connectivity index (χ1) is 8.60. The van der Waals surface area contributed by atoms with Crippen LogP contribution in [0.3, 0.4) is 0 Å². The summed E-state index contributed by atoms with van der Waals surface area (Å²) in [5.41, 5.74) is 0. The molecule has 5 nitrogen and oxygen atoms in total. The van der Waals surface area contributed by atoms with Crippen molar-refractivity contribution in [3.05, 3.63) is 0 Å². The lowest BCUT2D eigenvalue weighted by Gasteiger charge is -2.32. The average Bonchev–Trinajstić information content (AvgIpc) is 2.69. The minimum atomic E-state index is -0.829. The monoisotopic (exact) mass is 370 g/mol. The number of hydrogen-bond donors (Lipinski definition) is 1. The molecule has 104 valence electrons. The van der Waals surface area contributed by atoms with Gasteiger partial charge < -0.3 is 19.3 Å². The predicted octanol–water partition coefficient (Wildman–Crippen LogP) is 1.82. The standard InChI is InChI=1S/C12H19IO5/c1-7-16-3-2-10-9(4-8(6-13)18-10)11(17-7)5-12(14)15/h7-11H,2-6H2,1H3,(H,14,15). The van der Waals surface area contributed by atoms with Crippen LogP contribution >= 0.6 is 22.6 Å². The highest BCUT2D eigenvalue weighted by Crippen LogP contribution is 2.36. The second-order valence-electron chi connectivity index (χ2n) is 4.85. The molecule has 2 aliphatic heterocycles. The third kappa shape index (κ3) is 3.55. The molecule has 2 aliphatic rings. The van der Waals surface area contributed by atoms with Crippen molar-refractivity contribution >= 4 is 28.6 Å². The van der Waals surface area contributed by atoms with Crippen molar-refractivity contribution in [3.8, 4) is 0 Å². The van der Waals surface area contributed by atoms with Crippen molar-refractivity contribution in [1.29, 1.82) is 0 Å². The third-order valence-electron chi connectivity index (χ3n) is 3.53. The number of aliphatic carboxylic acids is 1. The highest BCUT2D eigenvalue weighted by Gasteiger charge is 2.42. The lowest BCUT2D eigenvalue weighted by atomic mass is 9.89. The number of carbonyl (C=O) groups is 1. The van der Waals surface area contributed by atoms with E-state index >= 15 is 0 Å². The molecule has 2 saturated heterocycles. The van der Waals surface area contributed by atoms with E-state index in [1.807, 2.05) is 6.92 Å². The van der Waals surface area contributed by atoms with Gasteiger partial charge in [0.05, 0.1) is 31.3 Å². The largest absolute Gasteiger partial charge is 0.481 e. The lowest BCUT2D eigenvalue weighted by molar-refractivity contribution is -0.199. The number of hydrogen-bond acceptors (Lipinski definition) is 4. The molecular formula is C12H19IO5. The number of ether oxygens (including phenoxy) is 3. The van der Waals surface area contributed by atoms with Crippen molar-refractivity contribution in [2.45, 2.75) is 50.8 Å². The molecule has 0 aromatic carbocycles. The Morgan fingerprint density at radius 3 is 2.89 bits per heavy atom. The highest BCUT2D eigenvalue weighted by molar-refractivity contribution is 14.1. The smallest absolute Gasteiger partial charge is 0.305 e. The van der Waals surface area contributed by atoms with Gasteiger partial charge in [-0.25, -0.2) is 0 Å². The molecule has 0 saturated carbocycles. The first kappa shape index (κ1) is 14.5. The van der Waals surface area contributed by atoms with Gasteiger partial charge in [-0.1, -0.05) is 22.6 Å². The Labute approximate surface area is 120 Å². The molecule has 0 aromatic heterocycles. The first-order valence-corrected chi connectivity index (χ1v) is 7.83. The summed E-state index contributed by atoms with van der Waals surface area (Å²) in [4.78, 5) is 10.9. The van der Waals surface area contributed by atoms with Crippen LogP contribution in [0.1, 0.15) is 26.2 Å². The number of halogens is 1. The molecule has 0 aliphatic carbocycles. The molecule has 0 radical (unpaired) electrons. The average molecular weight is 370 g/mol. The molecular weight excluding hydrogens is 351 g/mol. The van der Waals surface area contributed by atoms with Crippen LogP contribution < -0.4 is 0 Å². The van der Waals surface area contributed by atoms with E-state index in [0.717, 1.165) is 17.3 Å². The molecule has 5 atom stereocenters. The normalized spacial score (nSPS) is 40.9. The summed E-state index contributed by atoms with van der Waals surface area (Å²) in [6, 6.07) is 0. The van der Waals surface area contributed by atoms with Crippen LogP contribution in [0.25, 0.3) is 0 Å². The predicted molar refractivity (Wildman–Crippen MR) is 72.8 cm³/mol. The van der Waals surface area contributed by atoms with Crippen LogP contribution in [-0.4, -0.2) is 46.7 Å². The molecule has 0 amide bonds. The zero-order valence-electron chi connectivity index (χ0n) is 10.4. The number of carboxylic acids is 1. The van der Waals surface area contributed by atoms with Crippen LogP contribution in [0, 0.1) is 5.92 Å². The summed E-state index contributed by atoms with van der Waals surface area (Å²) in [7, 11) is 0. The fourth-order valence-corrected chi connectivity index (χ4v) is 3.31. The summed E-state index contributed by atoms with van der Waals surface area (Å²) in [5.74, 6) is -0.656. The fourth-order valence-electron chi connectivity index (χ4n) is 2.74. The van der Waals surface area contributed by atoms with Crippen molar-refractivity contribution in [1.82, 2.24) is 0 Å². The van der Waals surface area contributed by atoms with Gasteiger partial charge in [0.2, 0.25) is 0 Å². The van der Waals surface area contributed by atoms with Crippen LogP contribution in [-0.2, 0) is 19.0 Å². The summed E-state index contributed by atoms with van der Waals surface area (Å²) in [5, 5.41) is 8.99. The first-order valence-electron chi connectivity index (χ1n) is 6.30. The maximum atomic E-state index is 10.9.